The largest absolute Gasteiger partial charge is 0.324 e. The first kappa shape index (κ1) is 20.7. The van der Waals surface area contributed by atoms with Gasteiger partial charge in [-0.15, -0.1) is 10.2 Å². The molecule has 0 aliphatic heterocycles. The van der Waals surface area contributed by atoms with Crippen LogP contribution in [0.3, 0.4) is 0 Å². The molecule has 142 valence electrons. The third-order valence-corrected chi connectivity index (χ3v) is 6.97. The molecule has 0 unspecified atom stereocenters. The lowest BCUT2D eigenvalue weighted by Gasteiger charge is -2.19. The summed E-state index contributed by atoms with van der Waals surface area (Å²) in [7, 11) is -1.86. The van der Waals surface area contributed by atoms with Crippen LogP contribution in [0.4, 0.5) is 5.69 Å². The van der Waals surface area contributed by atoms with Gasteiger partial charge in [0.15, 0.2) is 5.16 Å². The number of hydrogen-bond acceptors (Lipinski definition) is 6. The molecule has 0 saturated carbocycles. The highest BCUT2D eigenvalue weighted by atomic mass is 35.5. The molecule has 0 radical (unpaired) electrons. The van der Waals surface area contributed by atoms with E-state index in [1.807, 2.05) is 0 Å². The van der Waals surface area contributed by atoms with Crippen molar-refractivity contribution in [2.75, 3.05) is 24.2 Å². The summed E-state index contributed by atoms with van der Waals surface area (Å²) in [5.74, 6) is -0.229. The van der Waals surface area contributed by atoms with Crippen LogP contribution in [-0.4, -0.2) is 52.2 Å². The second-order valence-corrected chi connectivity index (χ2v) is 8.58. The molecule has 0 spiro atoms. The topological polar surface area (TPSA) is 97.2 Å². The number of sulfonamides is 1. The molecule has 1 N–H and O–H groups in total. The standard InChI is InChI=1S/C15H20ClN5O3S2/c1-4-21(5-2)26(23,24)11-6-7-12(16)13(8-11)18-14(22)9-25-15-19-17-10-20(15)3/h6-8,10H,4-5,9H2,1-3H3,(H,18,22). The van der Waals surface area contributed by atoms with Crippen molar-refractivity contribution in [1.29, 1.82) is 0 Å². The minimum Gasteiger partial charge on any atom is -0.324 e. The Kier molecular flexibility index (Phi) is 7.04. The van der Waals surface area contributed by atoms with E-state index < -0.39 is 10.0 Å². The summed E-state index contributed by atoms with van der Waals surface area (Å²) in [6, 6.07) is 4.27. The highest BCUT2D eigenvalue weighted by Gasteiger charge is 2.22. The van der Waals surface area contributed by atoms with Gasteiger partial charge in [0.05, 0.1) is 21.4 Å². The number of hydrogen-bond donors (Lipinski definition) is 1. The Hall–Kier alpha value is -1.62. The van der Waals surface area contributed by atoms with Crippen LogP contribution in [0.2, 0.25) is 5.02 Å². The predicted molar refractivity (Wildman–Crippen MR) is 102 cm³/mol. The molecule has 1 amide bonds. The van der Waals surface area contributed by atoms with E-state index in [2.05, 4.69) is 15.5 Å². The highest BCUT2D eigenvalue weighted by Crippen LogP contribution is 2.27. The molecule has 1 heterocycles. The van der Waals surface area contributed by atoms with Crippen LogP contribution in [0.1, 0.15) is 13.8 Å². The summed E-state index contributed by atoms with van der Waals surface area (Å²) < 4.78 is 28.3. The molecular weight excluding hydrogens is 398 g/mol. The molecule has 0 saturated heterocycles. The van der Waals surface area contributed by atoms with Gasteiger partial charge in [-0.2, -0.15) is 4.31 Å². The van der Waals surface area contributed by atoms with E-state index in [4.69, 9.17) is 11.6 Å². The second-order valence-electron chi connectivity index (χ2n) is 5.29. The fourth-order valence-corrected chi connectivity index (χ4v) is 4.53. The molecule has 0 aliphatic rings. The van der Waals surface area contributed by atoms with E-state index in [1.165, 1.54) is 34.3 Å². The Morgan fingerprint density at radius 1 is 1.35 bits per heavy atom. The number of halogens is 1. The van der Waals surface area contributed by atoms with Gasteiger partial charge < -0.3 is 9.88 Å². The zero-order valence-electron chi connectivity index (χ0n) is 14.6. The van der Waals surface area contributed by atoms with Gasteiger partial charge in [-0.1, -0.05) is 37.2 Å². The molecule has 26 heavy (non-hydrogen) atoms. The van der Waals surface area contributed by atoms with E-state index in [9.17, 15) is 13.2 Å². The molecular formula is C15H20ClN5O3S2. The van der Waals surface area contributed by atoms with Gasteiger partial charge in [0.2, 0.25) is 15.9 Å². The van der Waals surface area contributed by atoms with Gasteiger partial charge in [-0.25, -0.2) is 8.42 Å². The summed E-state index contributed by atoms with van der Waals surface area (Å²) in [4.78, 5) is 12.3. The zero-order valence-corrected chi connectivity index (χ0v) is 17.0. The number of thioether (sulfide) groups is 1. The van der Waals surface area contributed by atoms with Crippen LogP contribution < -0.4 is 5.32 Å². The Labute approximate surface area is 162 Å². The number of aromatic nitrogens is 3. The third-order valence-electron chi connectivity index (χ3n) is 3.56. The van der Waals surface area contributed by atoms with E-state index in [0.29, 0.717) is 18.2 Å². The van der Waals surface area contributed by atoms with E-state index >= 15 is 0 Å². The van der Waals surface area contributed by atoms with Crippen LogP contribution in [0.15, 0.2) is 34.6 Å². The zero-order chi connectivity index (χ0) is 19.3. The Morgan fingerprint density at radius 3 is 2.62 bits per heavy atom. The van der Waals surface area contributed by atoms with Crippen molar-refractivity contribution in [3.8, 4) is 0 Å². The summed E-state index contributed by atoms with van der Waals surface area (Å²) >= 11 is 7.32. The Balaban J connectivity index is 2.14. The van der Waals surface area contributed by atoms with Gasteiger partial charge >= 0.3 is 0 Å². The molecule has 0 fully saturated rings. The molecule has 8 nitrogen and oxygen atoms in total. The first-order chi connectivity index (χ1) is 12.3. The fourth-order valence-electron chi connectivity index (χ4n) is 2.19. The van der Waals surface area contributed by atoms with Gasteiger partial charge in [0, 0.05) is 20.1 Å². The number of carbonyl (C=O) groups excluding carboxylic acids is 1. The molecule has 11 heteroatoms. The summed E-state index contributed by atoms with van der Waals surface area (Å²) in [6.45, 7) is 4.25. The van der Waals surface area contributed by atoms with Gasteiger partial charge in [-0.05, 0) is 18.2 Å². The maximum absolute atomic E-state index is 12.6. The molecule has 0 atom stereocenters. The average Bonchev–Trinajstić information content (AvgIpc) is 3.00. The smallest absolute Gasteiger partial charge is 0.243 e. The lowest BCUT2D eigenvalue weighted by atomic mass is 10.3. The number of anilines is 1. The normalized spacial score (nSPS) is 11.7. The quantitative estimate of drug-likeness (QED) is 0.661. The summed E-state index contributed by atoms with van der Waals surface area (Å²) in [6.07, 6.45) is 1.54. The van der Waals surface area contributed by atoms with E-state index in [0.717, 1.165) is 0 Å². The number of carbonyl (C=O) groups is 1. The molecule has 0 aliphatic carbocycles. The predicted octanol–water partition coefficient (Wildman–Crippen LogP) is 2.23. The van der Waals surface area contributed by atoms with Crippen molar-refractivity contribution in [1.82, 2.24) is 19.1 Å². The first-order valence-electron chi connectivity index (χ1n) is 7.86. The van der Waals surface area contributed by atoms with Crippen molar-refractivity contribution in [3.63, 3.8) is 0 Å². The van der Waals surface area contributed by atoms with Crippen molar-refractivity contribution in [2.45, 2.75) is 23.9 Å². The molecule has 1 aromatic carbocycles. The minimum atomic E-state index is -3.63. The number of amides is 1. The molecule has 0 bridgehead atoms. The van der Waals surface area contributed by atoms with Crippen LogP contribution >= 0.6 is 23.4 Å². The summed E-state index contributed by atoms with van der Waals surface area (Å²) in [5, 5.41) is 11.1. The third kappa shape index (κ3) is 4.76. The maximum atomic E-state index is 12.6. The second kappa shape index (κ2) is 8.85. The van der Waals surface area contributed by atoms with Crippen LogP contribution in [0.25, 0.3) is 0 Å². The molecule has 2 rings (SSSR count). The van der Waals surface area contributed by atoms with Gasteiger partial charge in [-0.3, -0.25) is 4.79 Å². The van der Waals surface area contributed by atoms with Crippen molar-refractivity contribution < 1.29 is 13.2 Å². The van der Waals surface area contributed by atoms with Crippen molar-refractivity contribution in [2.24, 2.45) is 7.05 Å². The Morgan fingerprint density at radius 2 is 2.04 bits per heavy atom. The lowest BCUT2D eigenvalue weighted by Crippen LogP contribution is -2.30. The molecule has 2 aromatic rings. The van der Waals surface area contributed by atoms with Gasteiger partial charge in [0.25, 0.3) is 0 Å². The van der Waals surface area contributed by atoms with Crippen LogP contribution in [-0.2, 0) is 21.9 Å². The SMILES string of the molecule is CCN(CC)S(=O)(=O)c1ccc(Cl)c(NC(=O)CSc2nncn2C)c1. The number of nitrogens with one attached hydrogen (secondary N) is 1. The van der Waals surface area contributed by atoms with E-state index in [1.54, 1.807) is 31.8 Å². The fraction of sp³-hybridized carbons (Fsp3) is 0.400. The lowest BCUT2D eigenvalue weighted by molar-refractivity contribution is -0.113. The van der Waals surface area contributed by atoms with Crippen LogP contribution in [0.5, 0.6) is 0 Å². The number of benzene rings is 1. The van der Waals surface area contributed by atoms with Crippen molar-refractivity contribution >= 4 is 45.0 Å². The minimum absolute atomic E-state index is 0.0851. The maximum Gasteiger partial charge on any atom is 0.243 e. The molecule has 1 aromatic heterocycles. The van der Waals surface area contributed by atoms with Crippen LogP contribution in [0, 0.1) is 0 Å². The van der Waals surface area contributed by atoms with Crippen molar-refractivity contribution in [3.05, 3.63) is 29.5 Å². The monoisotopic (exact) mass is 417 g/mol. The number of aryl methyl sites for hydroxylation is 1. The summed E-state index contributed by atoms with van der Waals surface area (Å²) in [5.41, 5.74) is 0.253. The average molecular weight is 418 g/mol. The number of nitrogens with zero attached hydrogens (tertiary/aromatic N) is 4. The number of rotatable bonds is 8. The Bertz CT molecular complexity index is 881. The highest BCUT2D eigenvalue weighted by molar-refractivity contribution is 7.99. The van der Waals surface area contributed by atoms with E-state index in [-0.39, 0.29) is 27.3 Å². The van der Waals surface area contributed by atoms with Gasteiger partial charge in [0.1, 0.15) is 6.33 Å². The first-order valence-corrected chi connectivity index (χ1v) is 10.7.